The molecule has 2 N–H and O–H groups in total. The van der Waals surface area contributed by atoms with Crippen molar-refractivity contribution in [1.29, 1.82) is 0 Å². The summed E-state index contributed by atoms with van der Waals surface area (Å²) < 4.78 is 31.2. The minimum Gasteiger partial charge on any atom is -0.386 e. The fourth-order valence-electron chi connectivity index (χ4n) is 1.60. The average molecular weight is 287 g/mol. The first kappa shape index (κ1) is 16.1. The lowest BCUT2D eigenvalue weighted by Crippen LogP contribution is -2.43. The van der Waals surface area contributed by atoms with Crippen LogP contribution in [-0.4, -0.2) is 39.4 Å². The van der Waals surface area contributed by atoms with Crippen LogP contribution in [0, 0.1) is 0 Å². The number of sulfonamides is 1. The van der Waals surface area contributed by atoms with E-state index in [1.54, 1.807) is 24.3 Å². The fourth-order valence-corrected chi connectivity index (χ4v) is 2.76. The molecule has 1 aromatic rings. The minimum absolute atomic E-state index is 0.0598. The van der Waals surface area contributed by atoms with Crippen molar-refractivity contribution in [2.24, 2.45) is 0 Å². The van der Waals surface area contributed by atoms with Crippen LogP contribution in [0.15, 0.2) is 29.2 Å². The van der Waals surface area contributed by atoms with Crippen LogP contribution < -0.4 is 4.72 Å². The molecular formula is C13H21NO4S. The highest BCUT2D eigenvalue weighted by atomic mass is 32.2. The molecule has 108 valence electrons. The van der Waals surface area contributed by atoms with Crippen LogP contribution in [0.1, 0.15) is 19.4 Å². The molecule has 0 saturated heterocycles. The van der Waals surface area contributed by atoms with Gasteiger partial charge in [-0.25, -0.2) is 13.1 Å². The Hall–Kier alpha value is -0.950. The highest BCUT2D eigenvalue weighted by Crippen LogP contribution is 2.12. The summed E-state index contributed by atoms with van der Waals surface area (Å²) in [7, 11) is -2.15. The quantitative estimate of drug-likeness (QED) is 0.782. The van der Waals surface area contributed by atoms with Crippen LogP contribution in [0.4, 0.5) is 0 Å². The summed E-state index contributed by atoms with van der Waals surface area (Å²) in [4.78, 5) is 0.193. The zero-order valence-electron chi connectivity index (χ0n) is 11.5. The number of aliphatic hydroxyl groups is 1. The molecule has 0 saturated carbocycles. The van der Waals surface area contributed by atoms with Gasteiger partial charge in [-0.15, -0.1) is 0 Å². The van der Waals surface area contributed by atoms with E-state index in [2.05, 4.69) is 4.72 Å². The first-order valence-electron chi connectivity index (χ1n) is 6.10. The second kappa shape index (κ2) is 6.47. The Bertz CT molecular complexity index is 494. The number of rotatable bonds is 7. The van der Waals surface area contributed by atoms with Crippen molar-refractivity contribution in [3.05, 3.63) is 29.8 Å². The molecule has 1 aromatic carbocycles. The zero-order chi connectivity index (χ0) is 14.5. The first-order chi connectivity index (χ1) is 8.80. The number of aryl methyl sites for hydroxylation is 1. The molecule has 0 amide bonds. The summed E-state index contributed by atoms with van der Waals surface area (Å²) in [6.45, 7) is 3.48. The Morgan fingerprint density at radius 3 is 2.37 bits per heavy atom. The normalized spacial score (nSPS) is 15.2. The molecule has 0 bridgehead atoms. The van der Waals surface area contributed by atoms with Gasteiger partial charge in [-0.05, 0) is 31.0 Å². The molecule has 0 aliphatic heterocycles. The van der Waals surface area contributed by atoms with Gasteiger partial charge in [0.2, 0.25) is 10.0 Å². The van der Waals surface area contributed by atoms with Gasteiger partial charge in [-0.1, -0.05) is 19.1 Å². The number of hydrogen-bond acceptors (Lipinski definition) is 4. The van der Waals surface area contributed by atoms with Crippen molar-refractivity contribution in [2.75, 3.05) is 20.3 Å². The SMILES string of the molecule is CCc1ccc(S(=O)(=O)NCC(C)(O)COC)cc1. The van der Waals surface area contributed by atoms with Crippen LogP contribution in [-0.2, 0) is 21.2 Å². The van der Waals surface area contributed by atoms with E-state index in [9.17, 15) is 13.5 Å². The molecule has 1 atom stereocenters. The molecule has 0 spiro atoms. The average Bonchev–Trinajstić information content (AvgIpc) is 2.37. The smallest absolute Gasteiger partial charge is 0.240 e. The third-order valence-corrected chi connectivity index (χ3v) is 4.16. The summed E-state index contributed by atoms with van der Waals surface area (Å²) >= 11 is 0. The van der Waals surface area contributed by atoms with Crippen molar-refractivity contribution in [3.63, 3.8) is 0 Å². The van der Waals surface area contributed by atoms with Crippen LogP contribution in [0.2, 0.25) is 0 Å². The fraction of sp³-hybridized carbons (Fsp3) is 0.538. The largest absolute Gasteiger partial charge is 0.386 e. The first-order valence-corrected chi connectivity index (χ1v) is 7.59. The highest BCUT2D eigenvalue weighted by molar-refractivity contribution is 7.89. The van der Waals surface area contributed by atoms with E-state index in [1.807, 2.05) is 6.92 Å². The van der Waals surface area contributed by atoms with Gasteiger partial charge >= 0.3 is 0 Å². The van der Waals surface area contributed by atoms with Crippen molar-refractivity contribution >= 4 is 10.0 Å². The zero-order valence-corrected chi connectivity index (χ0v) is 12.3. The molecule has 1 rings (SSSR count). The van der Waals surface area contributed by atoms with Gasteiger partial charge in [-0.3, -0.25) is 0 Å². The lowest BCUT2D eigenvalue weighted by molar-refractivity contribution is -0.0119. The molecule has 19 heavy (non-hydrogen) atoms. The summed E-state index contributed by atoms with van der Waals surface area (Å²) in [5, 5.41) is 9.85. The number of hydrogen-bond donors (Lipinski definition) is 2. The van der Waals surface area contributed by atoms with Gasteiger partial charge in [0.25, 0.3) is 0 Å². The number of benzene rings is 1. The van der Waals surface area contributed by atoms with E-state index in [-0.39, 0.29) is 18.0 Å². The Morgan fingerprint density at radius 1 is 1.32 bits per heavy atom. The maximum atomic E-state index is 12.0. The Balaban J connectivity index is 2.75. The van der Waals surface area contributed by atoms with E-state index in [4.69, 9.17) is 4.74 Å². The molecule has 0 fully saturated rings. The van der Waals surface area contributed by atoms with Crippen molar-refractivity contribution in [3.8, 4) is 0 Å². The molecule has 0 aliphatic carbocycles. The number of methoxy groups -OCH3 is 1. The van der Waals surface area contributed by atoms with Crippen molar-refractivity contribution < 1.29 is 18.3 Å². The molecule has 0 radical (unpaired) electrons. The third-order valence-electron chi connectivity index (χ3n) is 2.74. The van der Waals surface area contributed by atoms with Crippen molar-refractivity contribution in [2.45, 2.75) is 30.8 Å². The Kier molecular flexibility index (Phi) is 5.49. The summed E-state index contributed by atoms with van der Waals surface area (Å²) in [6.07, 6.45) is 0.857. The third kappa shape index (κ3) is 4.91. The van der Waals surface area contributed by atoms with Crippen molar-refractivity contribution in [1.82, 2.24) is 4.72 Å². The standard InChI is InChI=1S/C13H21NO4S/c1-4-11-5-7-12(8-6-11)19(16,17)14-9-13(2,15)10-18-3/h5-8,14-15H,4,9-10H2,1-3H3. The maximum absolute atomic E-state index is 12.0. The molecule has 6 heteroatoms. The predicted octanol–water partition coefficient (Wildman–Crippen LogP) is 0.925. The van der Waals surface area contributed by atoms with E-state index in [1.165, 1.54) is 14.0 Å². The molecular weight excluding hydrogens is 266 g/mol. The second-order valence-corrected chi connectivity index (χ2v) is 6.52. The highest BCUT2D eigenvalue weighted by Gasteiger charge is 2.24. The second-order valence-electron chi connectivity index (χ2n) is 4.75. The summed E-state index contributed by atoms with van der Waals surface area (Å²) in [5.74, 6) is 0. The van der Waals surface area contributed by atoms with E-state index in [0.717, 1.165) is 12.0 Å². The topological polar surface area (TPSA) is 75.6 Å². The summed E-state index contributed by atoms with van der Waals surface area (Å²) in [6, 6.07) is 6.68. The maximum Gasteiger partial charge on any atom is 0.240 e. The molecule has 0 aliphatic rings. The monoisotopic (exact) mass is 287 g/mol. The van der Waals surface area contributed by atoms with E-state index >= 15 is 0 Å². The Morgan fingerprint density at radius 2 is 1.89 bits per heavy atom. The van der Waals surface area contributed by atoms with Gasteiger partial charge in [-0.2, -0.15) is 0 Å². The van der Waals surface area contributed by atoms with Gasteiger partial charge in [0.15, 0.2) is 0 Å². The summed E-state index contributed by atoms with van der Waals surface area (Å²) in [5.41, 5.74) is -0.157. The van der Waals surface area contributed by atoms with Gasteiger partial charge in [0.05, 0.1) is 17.1 Å². The predicted molar refractivity (Wildman–Crippen MR) is 73.5 cm³/mol. The van der Waals surface area contributed by atoms with Gasteiger partial charge in [0.1, 0.15) is 0 Å². The van der Waals surface area contributed by atoms with Gasteiger partial charge < -0.3 is 9.84 Å². The lowest BCUT2D eigenvalue weighted by Gasteiger charge is -2.22. The van der Waals surface area contributed by atoms with Crippen LogP contribution in [0.3, 0.4) is 0 Å². The molecule has 0 aromatic heterocycles. The Labute approximate surface area is 114 Å². The molecule has 5 nitrogen and oxygen atoms in total. The van der Waals surface area contributed by atoms with Crippen LogP contribution in [0.5, 0.6) is 0 Å². The van der Waals surface area contributed by atoms with Crippen LogP contribution in [0.25, 0.3) is 0 Å². The molecule has 0 heterocycles. The lowest BCUT2D eigenvalue weighted by atomic mass is 10.1. The minimum atomic E-state index is -3.60. The number of ether oxygens (including phenoxy) is 1. The molecule has 1 unspecified atom stereocenters. The van der Waals surface area contributed by atoms with Crippen LogP contribution >= 0.6 is 0 Å². The van der Waals surface area contributed by atoms with Gasteiger partial charge in [0, 0.05) is 13.7 Å². The number of nitrogens with one attached hydrogen (secondary N) is 1. The van der Waals surface area contributed by atoms with E-state index < -0.39 is 15.6 Å². The van der Waals surface area contributed by atoms with E-state index in [0.29, 0.717) is 0 Å².